The van der Waals surface area contributed by atoms with E-state index in [0.717, 1.165) is 54.8 Å². The lowest BCUT2D eigenvalue weighted by Gasteiger charge is -2.36. The standard InChI is InChI=1S/C19H23ClN4OS/c1-3-23-8-10-24(11-9-23)18-6-4-15(20)12-17(18)22-19(25)7-5-16-13-26-14(2)21-16/h4-7,12-13H,3,8-11H2,1-2H3,(H,22,25)/b7-5+. The van der Waals surface area contributed by atoms with Crippen LogP contribution in [0.3, 0.4) is 0 Å². The minimum atomic E-state index is -0.189. The Balaban J connectivity index is 1.71. The van der Waals surface area contributed by atoms with Crippen LogP contribution in [-0.2, 0) is 4.79 Å². The molecule has 0 aliphatic carbocycles. The molecule has 1 amide bonds. The molecule has 1 N–H and O–H groups in total. The molecule has 0 radical (unpaired) electrons. The molecule has 1 aliphatic rings. The van der Waals surface area contributed by atoms with Crippen LogP contribution in [0.2, 0.25) is 5.02 Å². The molecule has 5 nitrogen and oxygen atoms in total. The number of hydrogen-bond donors (Lipinski definition) is 1. The van der Waals surface area contributed by atoms with Gasteiger partial charge in [-0.2, -0.15) is 0 Å². The zero-order valence-electron chi connectivity index (χ0n) is 15.0. The Kier molecular flexibility index (Phi) is 6.29. The molecule has 0 atom stereocenters. The van der Waals surface area contributed by atoms with Gasteiger partial charge in [-0.3, -0.25) is 4.79 Å². The number of anilines is 2. The highest BCUT2D eigenvalue weighted by Gasteiger charge is 2.19. The maximum Gasteiger partial charge on any atom is 0.248 e. The number of thiazole rings is 1. The van der Waals surface area contributed by atoms with Gasteiger partial charge in [0, 0.05) is 42.7 Å². The number of halogens is 1. The number of nitrogens with one attached hydrogen (secondary N) is 1. The van der Waals surface area contributed by atoms with E-state index in [-0.39, 0.29) is 5.91 Å². The first-order valence-electron chi connectivity index (χ1n) is 8.73. The van der Waals surface area contributed by atoms with Crippen molar-refractivity contribution in [3.8, 4) is 0 Å². The number of likely N-dealkylation sites (N-methyl/N-ethyl adjacent to an activating group) is 1. The van der Waals surface area contributed by atoms with Crippen molar-refractivity contribution in [1.29, 1.82) is 0 Å². The molecule has 1 fully saturated rings. The summed E-state index contributed by atoms with van der Waals surface area (Å²) < 4.78 is 0. The number of piperazine rings is 1. The number of carbonyl (C=O) groups is 1. The molecule has 2 heterocycles. The topological polar surface area (TPSA) is 48.5 Å². The molecule has 2 aromatic rings. The van der Waals surface area contributed by atoms with Gasteiger partial charge in [0.25, 0.3) is 0 Å². The molecule has 0 unspecified atom stereocenters. The second kappa shape index (κ2) is 8.66. The molecule has 0 bridgehead atoms. The number of benzene rings is 1. The molecule has 1 aliphatic heterocycles. The molecular formula is C19H23ClN4OS. The van der Waals surface area contributed by atoms with Gasteiger partial charge in [0.1, 0.15) is 0 Å². The van der Waals surface area contributed by atoms with Gasteiger partial charge < -0.3 is 15.1 Å². The third-order valence-electron chi connectivity index (χ3n) is 4.42. The van der Waals surface area contributed by atoms with E-state index in [4.69, 9.17) is 11.6 Å². The fourth-order valence-corrected chi connectivity index (χ4v) is 3.73. The van der Waals surface area contributed by atoms with E-state index >= 15 is 0 Å². The summed E-state index contributed by atoms with van der Waals surface area (Å²) in [6, 6.07) is 5.65. The Morgan fingerprint density at radius 1 is 1.35 bits per heavy atom. The Morgan fingerprint density at radius 2 is 2.12 bits per heavy atom. The summed E-state index contributed by atoms with van der Waals surface area (Å²) in [7, 11) is 0. The van der Waals surface area contributed by atoms with Crippen molar-refractivity contribution in [2.75, 3.05) is 42.9 Å². The van der Waals surface area contributed by atoms with E-state index in [9.17, 15) is 4.79 Å². The average molecular weight is 391 g/mol. The summed E-state index contributed by atoms with van der Waals surface area (Å²) in [6.45, 7) is 9.11. The Bertz CT molecular complexity index is 797. The Labute approximate surface area is 163 Å². The first kappa shape index (κ1) is 18.9. The lowest BCUT2D eigenvalue weighted by Crippen LogP contribution is -2.46. The predicted octanol–water partition coefficient (Wildman–Crippen LogP) is 3.90. The van der Waals surface area contributed by atoms with Crippen molar-refractivity contribution in [3.05, 3.63) is 45.4 Å². The molecule has 26 heavy (non-hydrogen) atoms. The molecule has 7 heteroatoms. The van der Waals surface area contributed by atoms with Crippen LogP contribution in [0.15, 0.2) is 29.7 Å². The smallest absolute Gasteiger partial charge is 0.248 e. The monoisotopic (exact) mass is 390 g/mol. The number of aryl methyl sites for hydroxylation is 1. The van der Waals surface area contributed by atoms with Gasteiger partial charge in [-0.1, -0.05) is 18.5 Å². The van der Waals surface area contributed by atoms with Crippen molar-refractivity contribution >= 4 is 46.3 Å². The second-order valence-electron chi connectivity index (χ2n) is 6.20. The minimum Gasteiger partial charge on any atom is -0.367 e. The van der Waals surface area contributed by atoms with Crippen LogP contribution < -0.4 is 10.2 Å². The third-order valence-corrected chi connectivity index (χ3v) is 5.45. The predicted molar refractivity (Wildman–Crippen MR) is 110 cm³/mol. The van der Waals surface area contributed by atoms with E-state index in [1.807, 2.05) is 30.5 Å². The lowest BCUT2D eigenvalue weighted by molar-refractivity contribution is -0.111. The van der Waals surface area contributed by atoms with Gasteiger partial charge in [-0.25, -0.2) is 4.98 Å². The number of hydrogen-bond acceptors (Lipinski definition) is 5. The van der Waals surface area contributed by atoms with Crippen molar-refractivity contribution in [2.24, 2.45) is 0 Å². The van der Waals surface area contributed by atoms with Crippen LogP contribution in [-0.4, -0.2) is 48.5 Å². The molecule has 138 valence electrons. The number of rotatable bonds is 5. The summed E-state index contributed by atoms with van der Waals surface area (Å²) in [5.41, 5.74) is 2.55. The van der Waals surface area contributed by atoms with Gasteiger partial charge >= 0.3 is 0 Å². The summed E-state index contributed by atoms with van der Waals surface area (Å²) >= 11 is 7.72. The third kappa shape index (κ3) is 4.84. The van der Waals surface area contributed by atoms with E-state index in [2.05, 4.69) is 27.0 Å². The molecular weight excluding hydrogens is 368 g/mol. The minimum absolute atomic E-state index is 0.189. The van der Waals surface area contributed by atoms with E-state index in [0.29, 0.717) is 5.02 Å². The zero-order chi connectivity index (χ0) is 18.5. The summed E-state index contributed by atoms with van der Waals surface area (Å²) in [5, 5.41) is 6.48. The van der Waals surface area contributed by atoms with Crippen molar-refractivity contribution in [1.82, 2.24) is 9.88 Å². The van der Waals surface area contributed by atoms with Crippen LogP contribution in [0.1, 0.15) is 17.6 Å². The quantitative estimate of drug-likeness (QED) is 0.786. The molecule has 1 aromatic carbocycles. The van der Waals surface area contributed by atoms with Gasteiger partial charge in [-0.05, 0) is 37.7 Å². The van der Waals surface area contributed by atoms with Crippen LogP contribution in [0.25, 0.3) is 6.08 Å². The highest BCUT2D eigenvalue weighted by molar-refractivity contribution is 7.09. The van der Waals surface area contributed by atoms with Gasteiger partial charge in [-0.15, -0.1) is 11.3 Å². The molecule has 1 saturated heterocycles. The highest BCUT2D eigenvalue weighted by atomic mass is 35.5. The average Bonchev–Trinajstić information content (AvgIpc) is 3.06. The van der Waals surface area contributed by atoms with Gasteiger partial charge in [0.2, 0.25) is 5.91 Å². The van der Waals surface area contributed by atoms with E-state index in [1.54, 1.807) is 17.4 Å². The highest BCUT2D eigenvalue weighted by Crippen LogP contribution is 2.30. The fourth-order valence-electron chi connectivity index (χ4n) is 2.98. The summed E-state index contributed by atoms with van der Waals surface area (Å²) in [4.78, 5) is 21.4. The van der Waals surface area contributed by atoms with Crippen LogP contribution in [0, 0.1) is 6.92 Å². The normalized spacial score (nSPS) is 15.6. The zero-order valence-corrected chi connectivity index (χ0v) is 16.6. The van der Waals surface area contributed by atoms with Gasteiger partial charge in [0.15, 0.2) is 0 Å². The fraction of sp³-hybridized carbons (Fsp3) is 0.368. The number of nitrogens with zero attached hydrogens (tertiary/aromatic N) is 3. The Hall–Kier alpha value is -1.89. The van der Waals surface area contributed by atoms with Crippen LogP contribution >= 0.6 is 22.9 Å². The molecule has 0 saturated carbocycles. The molecule has 1 aromatic heterocycles. The summed E-state index contributed by atoms with van der Waals surface area (Å²) in [5.74, 6) is -0.189. The van der Waals surface area contributed by atoms with E-state index < -0.39 is 0 Å². The van der Waals surface area contributed by atoms with Crippen molar-refractivity contribution in [3.63, 3.8) is 0 Å². The SMILES string of the molecule is CCN1CCN(c2ccc(Cl)cc2NC(=O)/C=C/c2csc(C)n2)CC1. The summed E-state index contributed by atoms with van der Waals surface area (Å²) in [6.07, 6.45) is 3.23. The first-order chi connectivity index (χ1) is 12.5. The van der Waals surface area contributed by atoms with Crippen molar-refractivity contribution < 1.29 is 4.79 Å². The van der Waals surface area contributed by atoms with Crippen molar-refractivity contribution in [2.45, 2.75) is 13.8 Å². The maximum absolute atomic E-state index is 12.3. The maximum atomic E-state index is 12.3. The first-order valence-corrected chi connectivity index (χ1v) is 9.99. The number of amides is 1. The van der Waals surface area contributed by atoms with Crippen LogP contribution in [0.4, 0.5) is 11.4 Å². The second-order valence-corrected chi connectivity index (χ2v) is 7.70. The Morgan fingerprint density at radius 3 is 2.77 bits per heavy atom. The number of aromatic nitrogens is 1. The lowest BCUT2D eigenvalue weighted by atomic mass is 10.2. The van der Waals surface area contributed by atoms with E-state index in [1.165, 1.54) is 6.08 Å². The largest absolute Gasteiger partial charge is 0.367 e. The molecule has 3 rings (SSSR count). The molecule has 0 spiro atoms. The van der Waals surface area contributed by atoms with Crippen LogP contribution in [0.5, 0.6) is 0 Å². The van der Waals surface area contributed by atoms with Gasteiger partial charge in [0.05, 0.1) is 22.1 Å². The number of carbonyl (C=O) groups excluding carboxylic acids is 1.